The Labute approximate surface area is 248 Å². The molecule has 1 heterocycles. The fourth-order valence-electron chi connectivity index (χ4n) is 4.75. The molecule has 1 aliphatic rings. The number of aryl methyl sites for hydroxylation is 1. The Morgan fingerprint density at radius 3 is 2.29 bits per heavy atom. The van der Waals surface area contributed by atoms with Crippen molar-refractivity contribution in [2.24, 2.45) is 0 Å². The third-order valence-electron chi connectivity index (χ3n) is 7.11. The van der Waals surface area contributed by atoms with Gasteiger partial charge in [0.1, 0.15) is 25.8 Å². The molecule has 3 aromatic rings. The largest absolute Gasteiger partial charge is 0.486 e. The van der Waals surface area contributed by atoms with Crippen LogP contribution in [0.2, 0.25) is 0 Å². The molecule has 0 bridgehead atoms. The lowest BCUT2D eigenvalue weighted by Crippen LogP contribution is -2.52. The second kappa shape index (κ2) is 14.2. The van der Waals surface area contributed by atoms with Gasteiger partial charge in [-0.05, 0) is 49.6 Å². The standard InChI is InChI=1S/C32H39N3O6S/c1-4-6-18-33-32(37)28(5-2)34(22-25-14-12-24(3)13-15-25)31(36)23-35(42(38,39)27-10-8-7-9-11-27)26-16-17-29-30(21-26)41-20-19-40-29/h7-17,21,28H,4-6,18-20,22-23H2,1-3H3,(H,33,37)/t28-/m1/s1. The number of nitrogens with zero attached hydrogens (tertiary/aromatic N) is 2. The predicted octanol–water partition coefficient (Wildman–Crippen LogP) is 4.69. The zero-order valence-electron chi connectivity index (χ0n) is 24.4. The average molecular weight is 594 g/mol. The maximum absolute atomic E-state index is 14.2. The van der Waals surface area contributed by atoms with Crippen LogP contribution < -0.4 is 19.1 Å². The molecule has 0 spiro atoms. The Kier molecular flexibility index (Phi) is 10.5. The van der Waals surface area contributed by atoms with Crippen molar-refractivity contribution >= 4 is 27.5 Å². The number of carbonyl (C=O) groups excluding carboxylic acids is 2. The van der Waals surface area contributed by atoms with E-state index in [2.05, 4.69) is 5.32 Å². The van der Waals surface area contributed by atoms with Gasteiger partial charge in [-0.3, -0.25) is 13.9 Å². The molecule has 224 valence electrons. The molecule has 0 radical (unpaired) electrons. The van der Waals surface area contributed by atoms with Crippen LogP contribution in [0.1, 0.15) is 44.2 Å². The van der Waals surface area contributed by atoms with Crippen LogP contribution in [0.25, 0.3) is 0 Å². The molecule has 0 unspecified atom stereocenters. The van der Waals surface area contributed by atoms with E-state index in [4.69, 9.17) is 9.47 Å². The minimum atomic E-state index is -4.17. The summed E-state index contributed by atoms with van der Waals surface area (Å²) >= 11 is 0. The van der Waals surface area contributed by atoms with Crippen LogP contribution in [0.3, 0.4) is 0 Å². The molecular weight excluding hydrogens is 554 g/mol. The zero-order valence-corrected chi connectivity index (χ0v) is 25.2. The van der Waals surface area contributed by atoms with Gasteiger partial charge in [0.25, 0.3) is 10.0 Å². The molecule has 3 aromatic carbocycles. The second-order valence-electron chi connectivity index (χ2n) is 10.2. The fourth-order valence-corrected chi connectivity index (χ4v) is 6.18. The van der Waals surface area contributed by atoms with Crippen molar-refractivity contribution in [3.05, 3.63) is 83.9 Å². The smallest absolute Gasteiger partial charge is 0.264 e. The first-order valence-electron chi connectivity index (χ1n) is 14.3. The van der Waals surface area contributed by atoms with Crippen LogP contribution >= 0.6 is 0 Å². The van der Waals surface area contributed by atoms with E-state index in [0.717, 1.165) is 28.3 Å². The lowest BCUT2D eigenvalue weighted by Gasteiger charge is -2.33. The molecule has 1 aliphatic heterocycles. The molecular formula is C32H39N3O6S. The summed E-state index contributed by atoms with van der Waals surface area (Å²) in [6, 6.07) is 19.7. The van der Waals surface area contributed by atoms with Crippen molar-refractivity contribution in [1.82, 2.24) is 10.2 Å². The first kappa shape index (κ1) is 30.9. The Bertz CT molecular complexity index is 1460. The predicted molar refractivity (Wildman–Crippen MR) is 162 cm³/mol. The minimum absolute atomic E-state index is 0.0436. The van der Waals surface area contributed by atoms with Gasteiger partial charge in [-0.25, -0.2) is 8.42 Å². The molecule has 1 atom stereocenters. The first-order valence-corrected chi connectivity index (χ1v) is 15.8. The summed E-state index contributed by atoms with van der Waals surface area (Å²) in [6.07, 6.45) is 2.11. The Hall–Kier alpha value is -4.05. The van der Waals surface area contributed by atoms with Crippen molar-refractivity contribution in [2.75, 3.05) is 30.6 Å². The van der Waals surface area contributed by atoms with Crippen molar-refractivity contribution in [3.8, 4) is 11.5 Å². The van der Waals surface area contributed by atoms with E-state index in [1.54, 1.807) is 36.4 Å². The molecule has 0 aliphatic carbocycles. The number of rotatable bonds is 13. The SMILES string of the molecule is CCCCNC(=O)[C@@H](CC)N(Cc1ccc(C)cc1)C(=O)CN(c1ccc2c(c1)OCCO2)S(=O)(=O)c1ccccc1. The van der Waals surface area contributed by atoms with Crippen LogP contribution in [0, 0.1) is 6.92 Å². The zero-order chi connectivity index (χ0) is 30.1. The van der Waals surface area contributed by atoms with Gasteiger partial charge >= 0.3 is 0 Å². The normalized spacial score (nSPS) is 13.2. The van der Waals surface area contributed by atoms with Gasteiger partial charge < -0.3 is 19.7 Å². The van der Waals surface area contributed by atoms with E-state index in [0.29, 0.717) is 37.7 Å². The number of hydrogen-bond donors (Lipinski definition) is 1. The topological polar surface area (TPSA) is 105 Å². The number of amides is 2. The maximum atomic E-state index is 14.2. The average Bonchev–Trinajstić information content (AvgIpc) is 3.01. The molecule has 10 heteroatoms. The van der Waals surface area contributed by atoms with Crippen LogP contribution in [0.15, 0.2) is 77.7 Å². The number of fused-ring (bicyclic) bond motifs is 1. The van der Waals surface area contributed by atoms with Gasteiger partial charge in [0.15, 0.2) is 11.5 Å². The summed E-state index contributed by atoms with van der Waals surface area (Å²) in [7, 11) is -4.17. The fraction of sp³-hybridized carbons (Fsp3) is 0.375. The highest BCUT2D eigenvalue weighted by molar-refractivity contribution is 7.92. The van der Waals surface area contributed by atoms with Gasteiger partial charge in [0, 0.05) is 19.2 Å². The van der Waals surface area contributed by atoms with Crippen LogP contribution in [-0.4, -0.2) is 57.5 Å². The summed E-state index contributed by atoms with van der Waals surface area (Å²) in [5.74, 6) is 0.146. The molecule has 0 saturated carbocycles. The lowest BCUT2D eigenvalue weighted by atomic mass is 10.1. The van der Waals surface area contributed by atoms with Crippen LogP contribution in [-0.2, 0) is 26.2 Å². The first-order chi connectivity index (χ1) is 20.2. The lowest BCUT2D eigenvalue weighted by molar-refractivity contribution is -0.140. The van der Waals surface area contributed by atoms with E-state index in [-0.39, 0.29) is 23.0 Å². The number of benzene rings is 3. The molecule has 9 nitrogen and oxygen atoms in total. The van der Waals surface area contributed by atoms with E-state index in [1.165, 1.54) is 17.0 Å². The van der Waals surface area contributed by atoms with E-state index < -0.39 is 28.5 Å². The Balaban J connectivity index is 1.72. The maximum Gasteiger partial charge on any atom is 0.264 e. The van der Waals surface area contributed by atoms with Gasteiger partial charge in [-0.1, -0.05) is 68.3 Å². The van der Waals surface area contributed by atoms with E-state index >= 15 is 0 Å². The van der Waals surface area contributed by atoms with Crippen molar-refractivity contribution in [1.29, 1.82) is 0 Å². The quantitative estimate of drug-likeness (QED) is 0.289. The molecule has 4 rings (SSSR count). The number of carbonyl (C=O) groups is 2. The third kappa shape index (κ3) is 7.42. The monoisotopic (exact) mass is 593 g/mol. The summed E-state index contributed by atoms with van der Waals surface area (Å²) in [4.78, 5) is 29.0. The van der Waals surface area contributed by atoms with Gasteiger partial charge in [-0.15, -0.1) is 0 Å². The van der Waals surface area contributed by atoms with Crippen LogP contribution in [0.5, 0.6) is 11.5 Å². The van der Waals surface area contributed by atoms with Crippen molar-refractivity contribution in [2.45, 2.75) is 57.5 Å². The number of unbranched alkanes of at least 4 members (excludes halogenated alkanes) is 1. The van der Waals surface area contributed by atoms with Gasteiger partial charge in [0.2, 0.25) is 11.8 Å². The van der Waals surface area contributed by atoms with E-state index in [1.807, 2.05) is 45.0 Å². The number of hydrogen-bond acceptors (Lipinski definition) is 6. The third-order valence-corrected chi connectivity index (χ3v) is 8.90. The summed E-state index contributed by atoms with van der Waals surface area (Å²) < 4.78 is 40.4. The summed E-state index contributed by atoms with van der Waals surface area (Å²) in [6.45, 7) is 6.72. The summed E-state index contributed by atoms with van der Waals surface area (Å²) in [5, 5.41) is 2.95. The number of nitrogens with one attached hydrogen (secondary N) is 1. The second-order valence-corrected chi connectivity index (χ2v) is 12.1. The molecule has 1 N–H and O–H groups in total. The number of sulfonamides is 1. The molecule has 0 fully saturated rings. The van der Waals surface area contributed by atoms with Crippen LogP contribution in [0.4, 0.5) is 5.69 Å². The van der Waals surface area contributed by atoms with Gasteiger partial charge in [-0.2, -0.15) is 0 Å². The molecule has 0 aromatic heterocycles. The Morgan fingerprint density at radius 1 is 0.929 bits per heavy atom. The highest BCUT2D eigenvalue weighted by Gasteiger charge is 2.34. The molecule has 42 heavy (non-hydrogen) atoms. The van der Waals surface area contributed by atoms with Gasteiger partial charge in [0.05, 0.1) is 10.6 Å². The molecule has 2 amide bonds. The van der Waals surface area contributed by atoms with E-state index in [9.17, 15) is 18.0 Å². The minimum Gasteiger partial charge on any atom is -0.486 e. The summed E-state index contributed by atoms with van der Waals surface area (Å²) in [5.41, 5.74) is 2.16. The van der Waals surface area contributed by atoms with Crippen molar-refractivity contribution < 1.29 is 27.5 Å². The number of anilines is 1. The molecule has 0 saturated heterocycles. The Morgan fingerprint density at radius 2 is 1.62 bits per heavy atom. The number of ether oxygens (including phenoxy) is 2. The highest BCUT2D eigenvalue weighted by Crippen LogP contribution is 2.36. The highest BCUT2D eigenvalue weighted by atomic mass is 32.2. The van der Waals surface area contributed by atoms with Crippen molar-refractivity contribution in [3.63, 3.8) is 0 Å².